The Morgan fingerprint density at radius 1 is 1.28 bits per heavy atom. The van der Waals surface area contributed by atoms with Crippen molar-refractivity contribution >= 4 is 35.1 Å². The van der Waals surface area contributed by atoms with E-state index in [9.17, 15) is 9.59 Å². The van der Waals surface area contributed by atoms with Crippen molar-refractivity contribution in [3.8, 4) is 0 Å². The number of carbonyl (C=O) groups excluding carboxylic acids is 2. The first-order valence-corrected chi connectivity index (χ1v) is 12.1. The minimum atomic E-state index is -0.424. The molecule has 4 heterocycles. The van der Waals surface area contributed by atoms with Gasteiger partial charge in [-0.1, -0.05) is 44.7 Å². The zero-order valence-corrected chi connectivity index (χ0v) is 19.5. The van der Waals surface area contributed by atoms with Gasteiger partial charge in [0, 0.05) is 24.3 Å². The van der Waals surface area contributed by atoms with Crippen LogP contribution in [0, 0.1) is 0 Å². The first kappa shape index (κ1) is 21.3. The number of carbonyl (C=O) groups is 2. The second-order valence-corrected chi connectivity index (χ2v) is 10.8. The number of hydrogen-bond acceptors (Lipinski definition) is 5. The van der Waals surface area contributed by atoms with E-state index in [1.54, 1.807) is 11.1 Å². The summed E-state index contributed by atoms with van der Waals surface area (Å²) in [4.78, 5) is 32.7. The van der Waals surface area contributed by atoms with Crippen LogP contribution in [-0.4, -0.2) is 41.3 Å². The number of rotatable bonds is 3. The quantitative estimate of drug-likeness (QED) is 0.664. The number of hydrogen-bond donors (Lipinski definition) is 3. The molecule has 1 aromatic carbocycles. The molecule has 32 heavy (non-hydrogen) atoms. The van der Waals surface area contributed by atoms with Gasteiger partial charge in [-0.2, -0.15) is 0 Å². The van der Waals surface area contributed by atoms with Crippen LogP contribution in [0.1, 0.15) is 50.8 Å². The lowest BCUT2D eigenvalue weighted by atomic mass is 9.86. The summed E-state index contributed by atoms with van der Waals surface area (Å²) in [6.07, 6.45) is 3.75. The van der Waals surface area contributed by atoms with Crippen LogP contribution in [0.2, 0.25) is 0 Å². The third-order valence-electron chi connectivity index (χ3n) is 6.38. The first-order chi connectivity index (χ1) is 15.3. The maximum atomic E-state index is 13.3. The van der Waals surface area contributed by atoms with E-state index in [0.717, 1.165) is 53.5 Å². The van der Waals surface area contributed by atoms with Crippen LogP contribution in [0.25, 0.3) is 0 Å². The van der Waals surface area contributed by atoms with Gasteiger partial charge in [-0.05, 0) is 48.6 Å². The maximum absolute atomic E-state index is 13.3. The summed E-state index contributed by atoms with van der Waals surface area (Å²) >= 11 is 1.44. The molecule has 0 bridgehead atoms. The van der Waals surface area contributed by atoms with Crippen LogP contribution in [-0.2, 0) is 10.2 Å². The normalized spacial score (nSPS) is 24.7. The summed E-state index contributed by atoms with van der Waals surface area (Å²) in [6.45, 7) is 8.25. The highest BCUT2D eigenvalue weighted by molar-refractivity contribution is 8.01. The third-order valence-corrected chi connectivity index (χ3v) is 7.67. The van der Waals surface area contributed by atoms with Gasteiger partial charge < -0.3 is 16.0 Å². The van der Waals surface area contributed by atoms with Crippen molar-refractivity contribution in [1.82, 2.24) is 20.9 Å². The number of nitrogens with zero attached hydrogens (tertiary/aromatic N) is 2. The van der Waals surface area contributed by atoms with E-state index in [1.807, 2.05) is 18.2 Å². The van der Waals surface area contributed by atoms with E-state index in [4.69, 9.17) is 0 Å². The zero-order chi connectivity index (χ0) is 22.5. The van der Waals surface area contributed by atoms with Crippen LogP contribution in [0.15, 0.2) is 41.6 Å². The molecule has 3 aliphatic rings. The number of pyridine rings is 1. The zero-order valence-electron chi connectivity index (χ0n) is 18.6. The van der Waals surface area contributed by atoms with Crippen LogP contribution < -0.4 is 20.9 Å². The number of thioether (sulfide) groups is 1. The molecule has 3 aliphatic heterocycles. The van der Waals surface area contributed by atoms with Crippen molar-refractivity contribution in [2.75, 3.05) is 18.0 Å². The molecule has 3 N–H and O–H groups in total. The van der Waals surface area contributed by atoms with Gasteiger partial charge in [-0.3, -0.25) is 9.69 Å². The molecule has 0 radical (unpaired) electrons. The van der Waals surface area contributed by atoms with E-state index in [2.05, 4.69) is 53.8 Å². The van der Waals surface area contributed by atoms with Gasteiger partial charge in [0.1, 0.15) is 10.3 Å². The number of amides is 3. The van der Waals surface area contributed by atoms with Crippen molar-refractivity contribution in [3.63, 3.8) is 0 Å². The average molecular weight is 452 g/mol. The highest BCUT2D eigenvalue weighted by Gasteiger charge is 2.47. The fourth-order valence-corrected chi connectivity index (χ4v) is 5.89. The number of aromatic nitrogens is 1. The Hall–Kier alpha value is -2.58. The lowest BCUT2D eigenvalue weighted by Crippen LogP contribution is -2.52. The highest BCUT2D eigenvalue weighted by atomic mass is 32.2. The fourth-order valence-electron chi connectivity index (χ4n) is 4.65. The van der Waals surface area contributed by atoms with Crippen molar-refractivity contribution < 1.29 is 9.59 Å². The summed E-state index contributed by atoms with van der Waals surface area (Å²) in [5.41, 5.74) is 3.67. The van der Waals surface area contributed by atoms with E-state index >= 15 is 0 Å². The van der Waals surface area contributed by atoms with E-state index in [-0.39, 0.29) is 29.4 Å². The van der Waals surface area contributed by atoms with Gasteiger partial charge in [-0.15, -0.1) is 0 Å². The lowest BCUT2D eigenvalue weighted by Gasteiger charge is -2.35. The lowest BCUT2D eigenvalue weighted by molar-refractivity contribution is -0.121. The molecule has 2 aromatic rings. The molecular weight excluding hydrogens is 422 g/mol. The Kier molecular flexibility index (Phi) is 5.37. The second kappa shape index (κ2) is 8.08. The maximum Gasteiger partial charge on any atom is 0.327 e. The predicted molar refractivity (Wildman–Crippen MR) is 126 cm³/mol. The van der Waals surface area contributed by atoms with E-state index in [1.165, 1.54) is 11.8 Å². The molecule has 1 fully saturated rings. The second-order valence-electron chi connectivity index (χ2n) is 9.70. The van der Waals surface area contributed by atoms with Crippen LogP contribution in [0.3, 0.4) is 0 Å². The van der Waals surface area contributed by atoms with E-state index < -0.39 is 5.25 Å². The molecule has 2 unspecified atom stereocenters. The minimum absolute atomic E-state index is 0.0298. The fraction of sp³-hybridized carbons (Fsp3) is 0.458. The van der Waals surface area contributed by atoms with Gasteiger partial charge >= 0.3 is 6.03 Å². The average Bonchev–Trinajstić information content (AvgIpc) is 3.14. The molecule has 7 nitrogen and oxygen atoms in total. The molecule has 0 spiro atoms. The Morgan fingerprint density at radius 3 is 2.88 bits per heavy atom. The monoisotopic (exact) mass is 451 g/mol. The van der Waals surface area contributed by atoms with Crippen molar-refractivity contribution in [3.05, 3.63) is 47.7 Å². The Labute approximate surface area is 192 Å². The summed E-state index contributed by atoms with van der Waals surface area (Å²) in [7, 11) is 0. The van der Waals surface area contributed by atoms with Gasteiger partial charge in [0.2, 0.25) is 5.91 Å². The molecule has 5 rings (SSSR count). The first-order valence-electron chi connectivity index (χ1n) is 11.2. The van der Waals surface area contributed by atoms with Crippen molar-refractivity contribution in [2.45, 2.75) is 61.4 Å². The van der Waals surface area contributed by atoms with Crippen molar-refractivity contribution in [2.24, 2.45) is 0 Å². The van der Waals surface area contributed by atoms with Crippen LogP contribution >= 0.6 is 11.8 Å². The Bertz CT molecular complexity index is 1060. The van der Waals surface area contributed by atoms with Crippen LogP contribution in [0.5, 0.6) is 0 Å². The SMILES string of the molecule is CC(C)(C)c1cccc(N2C(=O)NC3c4c2ccnc4S[C@H]3C(=O)NC2CCCNC2)c1. The smallest absolute Gasteiger partial charge is 0.327 e. The Balaban J connectivity index is 1.46. The van der Waals surface area contributed by atoms with Gasteiger partial charge in [0.15, 0.2) is 0 Å². The predicted octanol–water partition coefficient (Wildman–Crippen LogP) is 3.62. The van der Waals surface area contributed by atoms with Gasteiger partial charge in [0.05, 0.1) is 17.4 Å². The molecule has 0 saturated carbocycles. The van der Waals surface area contributed by atoms with Crippen molar-refractivity contribution in [1.29, 1.82) is 0 Å². The Morgan fingerprint density at radius 2 is 2.12 bits per heavy atom. The summed E-state index contributed by atoms with van der Waals surface area (Å²) in [6, 6.07) is 9.49. The number of urea groups is 1. The highest BCUT2D eigenvalue weighted by Crippen LogP contribution is 2.50. The van der Waals surface area contributed by atoms with Gasteiger partial charge in [0.25, 0.3) is 0 Å². The number of benzene rings is 1. The van der Waals surface area contributed by atoms with E-state index in [0.29, 0.717) is 0 Å². The minimum Gasteiger partial charge on any atom is -0.351 e. The topological polar surface area (TPSA) is 86.4 Å². The number of piperidine rings is 1. The summed E-state index contributed by atoms with van der Waals surface area (Å²) in [5.74, 6) is -0.0406. The molecule has 0 aliphatic carbocycles. The third kappa shape index (κ3) is 3.75. The molecule has 1 saturated heterocycles. The number of anilines is 2. The molecular formula is C24H29N5O2S. The molecule has 8 heteroatoms. The standard InChI is InChI=1S/C24H29N5O2S/c1-24(2,3)14-6-4-8-16(12-14)29-17-9-11-26-22-18(17)19(28-23(29)31)20(32-22)21(30)27-15-7-5-10-25-13-15/h4,6,8-9,11-12,15,19-20,25H,5,7,10,13H2,1-3H3,(H,27,30)(H,28,31)/t15?,19?,20-/m1/s1. The van der Waals surface area contributed by atoms with Crippen LogP contribution in [0.4, 0.5) is 16.2 Å². The molecule has 1 aromatic heterocycles. The molecule has 3 atom stereocenters. The largest absolute Gasteiger partial charge is 0.351 e. The number of nitrogens with one attached hydrogen (secondary N) is 3. The molecule has 168 valence electrons. The van der Waals surface area contributed by atoms with Gasteiger partial charge in [-0.25, -0.2) is 9.78 Å². The molecule has 3 amide bonds. The summed E-state index contributed by atoms with van der Waals surface area (Å²) < 4.78 is 0. The summed E-state index contributed by atoms with van der Waals surface area (Å²) in [5, 5.41) is 9.99.